The number of rotatable bonds is 4. The van der Waals surface area contributed by atoms with Crippen molar-refractivity contribution in [3.8, 4) is 17.4 Å². The van der Waals surface area contributed by atoms with Crippen LogP contribution in [-0.4, -0.2) is 28.4 Å². The van der Waals surface area contributed by atoms with E-state index in [9.17, 15) is 4.79 Å². The normalized spacial score (nSPS) is 10.0. The van der Waals surface area contributed by atoms with Gasteiger partial charge in [0.2, 0.25) is 5.88 Å². The lowest BCUT2D eigenvalue weighted by molar-refractivity contribution is 0.0694. The van der Waals surface area contributed by atoms with Crippen molar-refractivity contribution in [3.63, 3.8) is 0 Å². The minimum absolute atomic E-state index is 0.00227. The SMILES string of the molecule is COc1ccc(C(=O)O)c(Oc2ccc(Cl)nn2)c1. The highest BCUT2D eigenvalue weighted by molar-refractivity contribution is 6.29. The van der Waals surface area contributed by atoms with Gasteiger partial charge in [-0.15, -0.1) is 10.2 Å². The summed E-state index contributed by atoms with van der Waals surface area (Å²) in [5.41, 5.74) is -0.00227. The summed E-state index contributed by atoms with van der Waals surface area (Å²) in [6, 6.07) is 7.36. The Bertz CT molecular complexity index is 601. The quantitative estimate of drug-likeness (QED) is 0.927. The van der Waals surface area contributed by atoms with Gasteiger partial charge in [-0.1, -0.05) is 11.6 Å². The number of benzene rings is 1. The van der Waals surface area contributed by atoms with E-state index >= 15 is 0 Å². The summed E-state index contributed by atoms with van der Waals surface area (Å²) in [6.07, 6.45) is 0. The Morgan fingerprint density at radius 3 is 2.63 bits per heavy atom. The van der Waals surface area contributed by atoms with Gasteiger partial charge in [-0.25, -0.2) is 4.79 Å². The number of halogens is 1. The number of aromatic nitrogens is 2. The summed E-state index contributed by atoms with van der Waals surface area (Å²) in [5.74, 6) is -0.384. The van der Waals surface area contributed by atoms with Crippen molar-refractivity contribution < 1.29 is 19.4 Å². The molecule has 6 nitrogen and oxygen atoms in total. The molecule has 0 aliphatic rings. The van der Waals surface area contributed by atoms with E-state index in [1.165, 1.54) is 37.4 Å². The highest BCUT2D eigenvalue weighted by atomic mass is 35.5. The summed E-state index contributed by atoms with van der Waals surface area (Å²) < 4.78 is 10.4. The van der Waals surface area contributed by atoms with Gasteiger partial charge in [0.1, 0.15) is 17.1 Å². The Kier molecular flexibility index (Phi) is 3.82. The molecule has 0 saturated heterocycles. The number of carboxylic acid groups (broad SMARTS) is 1. The predicted molar refractivity (Wildman–Crippen MR) is 67.1 cm³/mol. The second-order valence-electron chi connectivity index (χ2n) is 3.46. The molecule has 0 aliphatic heterocycles. The molecular formula is C12H9ClN2O4. The number of hydrogen-bond donors (Lipinski definition) is 1. The average molecular weight is 281 g/mol. The topological polar surface area (TPSA) is 81.5 Å². The van der Waals surface area contributed by atoms with Crippen LogP contribution >= 0.6 is 11.6 Å². The van der Waals surface area contributed by atoms with Crippen LogP contribution in [0.2, 0.25) is 5.15 Å². The highest BCUT2D eigenvalue weighted by Gasteiger charge is 2.14. The monoisotopic (exact) mass is 280 g/mol. The summed E-state index contributed by atoms with van der Waals surface area (Å²) >= 11 is 5.60. The molecule has 1 heterocycles. The van der Waals surface area contributed by atoms with Gasteiger partial charge in [-0.3, -0.25) is 0 Å². The van der Waals surface area contributed by atoms with E-state index in [4.69, 9.17) is 26.2 Å². The van der Waals surface area contributed by atoms with Crippen LogP contribution in [0.4, 0.5) is 0 Å². The molecule has 0 aliphatic carbocycles. The van der Waals surface area contributed by atoms with Gasteiger partial charge < -0.3 is 14.6 Å². The standard InChI is InChI=1S/C12H9ClN2O4/c1-18-7-2-3-8(12(16)17)9(6-7)19-11-5-4-10(13)14-15-11/h2-6H,1H3,(H,16,17). The van der Waals surface area contributed by atoms with Crippen LogP contribution in [0.5, 0.6) is 17.4 Å². The number of ether oxygens (including phenoxy) is 2. The van der Waals surface area contributed by atoms with Gasteiger partial charge in [0.05, 0.1) is 7.11 Å². The molecule has 2 aromatic rings. The molecule has 2 rings (SSSR count). The molecule has 1 aromatic carbocycles. The van der Waals surface area contributed by atoms with Crippen molar-refractivity contribution >= 4 is 17.6 Å². The summed E-state index contributed by atoms with van der Waals surface area (Å²) in [4.78, 5) is 11.1. The molecule has 0 unspecified atom stereocenters. The number of carbonyl (C=O) groups is 1. The van der Waals surface area contributed by atoms with E-state index in [1.807, 2.05) is 0 Å². The fraction of sp³-hybridized carbons (Fsp3) is 0.0833. The number of nitrogens with zero attached hydrogens (tertiary/aromatic N) is 2. The largest absolute Gasteiger partial charge is 0.497 e. The molecule has 1 aromatic heterocycles. The van der Waals surface area contributed by atoms with E-state index in [-0.39, 0.29) is 22.3 Å². The number of aromatic carboxylic acids is 1. The second-order valence-corrected chi connectivity index (χ2v) is 3.85. The van der Waals surface area contributed by atoms with Gasteiger partial charge in [0, 0.05) is 12.1 Å². The van der Waals surface area contributed by atoms with Gasteiger partial charge in [-0.2, -0.15) is 0 Å². The van der Waals surface area contributed by atoms with Crippen LogP contribution in [0.25, 0.3) is 0 Å². The van der Waals surface area contributed by atoms with Gasteiger partial charge in [0.15, 0.2) is 5.15 Å². The molecule has 0 fully saturated rings. The van der Waals surface area contributed by atoms with E-state index < -0.39 is 5.97 Å². The first-order valence-electron chi connectivity index (χ1n) is 5.18. The van der Waals surface area contributed by atoms with Crippen LogP contribution in [0.3, 0.4) is 0 Å². The van der Waals surface area contributed by atoms with Crippen molar-refractivity contribution in [2.45, 2.75) is 0 Å². The summed E-state index contributed by atoms with van der Waals surface area (Å²) in [7, 11) is 1.47. The third-order valence-electron chi connectivity index (χ3n) is 2.24. The van der Waals surface area contributed by atoms with Gasteiger partial charge >= 0.3 is 5.97 Å². The number of methoxy groups -OCH3 is 1. The first-order chi connectivity index (χ1) is 9.10. The van der Waals surface area contributed by atoms with Crippen molar-refractivity contribution in [1.82, 2.24) is 10.2 Å². The molecule has 0 radical (unpaired) electrons. The molecule has 0 bridgehead atoms. The molecular weight excluding hydrogens is 272 g/mol. The Morgan fingerprint density at radius 2 is 2.05 bits per heavy atom. The zero-order chi connectivity index (χ0) is 13.8. The molecule has 98 valence electrons. The zero-order valence-electron chi connectivity index (χ0n) is 9.83. The first-order valence-corrected chi connectivity index (χ1v) is 5.56. The van der Waals surface area contributed by atoms with Gasteiger partial charge in [0.25, 0.3) is 0 Å². The van der Waals surface area contributed by atoms with E-state index in [0.29, 0.717) is 5.75 Å². The van der Waals surface area contributed by atoms with E-state index in [1.54, 1.807) is 0 Å². The maximum Gasteiger partial charge on any atom is 0.339 e. The van der Waals surface area contributed by atoms with E-state index in [0.717, 1.165) is 0 Å². The van der Waals surface area contributed by atoms with Crippen molar-refractivity contribution in [3.05, 3.63) is 41.0 Å². The Morgan fingerprint density at radius 1 is 1.26 bits per heavy atom. The summed E-state index contributed by atoms with van der Waals surface area (Å²) in [6.45, 7) is 0. The molecule has 0 amide bonds. The van der Waals surface area contributed by atoms with Crippen molar-refractivity contribution in [2.75, 3.05) is 7.11 Å². The lowest BCUT2D eigenvalue weighted by Gasteiger charge is -2.09. The smallest absolute Gasteiger partial charge is 0.339 e. The highest BCUT2D eigenvalue weighted by Crippen LogP contribution is 2.28. The van der Waals surface area contributed by atoms with Crippen LogP contribution < -0.4 is 9.47 Å². The third-order valence-corrected chi connectivity index (χ3v) is 2.44. The maximum atomic E-state index is 11.1. The third kappa shape index (κ3) is 3.11. The fourth-order valence-corrected chi connectivity index (χ4v) is 1.46. The minimum Gasteiger partial charge on any atom is -0.497 e. The lowest BCUT2D eigenvalue weighted by Crippen LogP contribution is -2.01. The maximum absolute atomic E-state index is 11.1. The second kappa shape index (κ2) is 5.53. The molecule has 7 heteroatoms. The number of carboxylic acids is 1. The van der Waals surface area contributed by atoms with Crippen LogP contribution in [0.15, 0.2) is 30.3 Å². The molecule has 1 N–H and O–H groups in total. The van der Waals surface area contributed by atoms with Crippen LogP contribution in [0, 0.1) is 0 Å². The number of hydrogen-bond acceptors (Lipinski definition) is 5. The average Bonchev–Trinajstić information content (AvgIpc) is 2.41. The zero-order valence-corrected chi connectivity index (χ0v) is 10.6. The fourth-order valence-electron chi connectivity index (χ4n) is 1.36. The Balaban J connectivity index is 2.36. The van der Waals surface area contributed by atoms with Crippen LogP contribution in [-0.2, 0) is 0 Å². The minimum atomic E-state index is -1.11. The first kappa shape index (κ1) is 13.1. The molecule has 0 spiro atoms. The van der Waals surface area contributed by atoms with Gasteiger partial charge in [-0.05, 0) is 18.2 Å². The lowest BCUT2D eigenvalue weighted by atomic mass is 10.2. The molecule has 0 saturated carbocycles. The van der Waals surface area contributed by atoms with Crippen molar-refractivity contribution in [2.24, 2.45) is 0 Å². The Hall–Kier alpha value is -2.34. The molecule has 19 heavy (non-hydrogen) atoms. The van der Waals surface area contributed by atoms with E-state index in [2.05, 4.69) is 10.2 Å². The van der Waals surface area contributed by atoms with Crippen LogP contribution in [0.1, 0.15) is 10.4 Å². The molecule has 0 atom stereocenters. The van der Waals surface area contributed by atoms with Crippen molar-refractivity contribution in [1.29, 1.82) is 0 Å². The Labute approximate surface area is 113 Å². The predicted octanol–water partition coefficient (Wildman–Crippen LogP) is 2.63. The summed E-state index contributed by atoms with van der Waals surface area (Å²) in [5, 5.41) is 16.6.